The summed E-state index contributed by atoms with van der Waals surface area (Å²) in [4.78, 5) is 0. The molecule has 6 heteroatoms. The average molecular weight is 410 g/mol. The van der Waals surface area contributed by atoms with Gasteiger partial charge in [-0.3, -0.25) is 0 Å². The fourth-order valence-corrected chi connectivity index (χ4v) is 2.93. The smallest absolute Gasteiger partial charge is 0.147 e. The van der Waals surface area contributed by atoms with Gasteiger partial charge in [-0.2, -0.15) is 0 Å². The van der Waals surface area contributed by atoms with Crippen molar-refractivity contribution in [2.75, 3.05) is 0 Å². The molecular weight excluding hydrogens is 396 g/mol. The molecule has 1 atom stereocenters. The minimum absolute atomic E-state index is 0.0313. The van der Waals surface area contributed by atoms with Crippen LogP contribution in [0.5, 0.6) is 11.5 Å². The van der Waals surface area contributed by atoms with Crippen molar-refractivity contribution >= 4 is 50.7 Å². The quantitative estimate of drug-likeness (QED) is 0.620. The summed E-state index contributed by atoms with van der Waals surface area (Å²) in [6.07, 6.45) is 0.608. The Hall–Kier alpha value is -0.450. The number of rotatable bonds is 4. The van der Waals surface area contributed by atoms with Gasteiger partial charge in [0.2, 0.25) is 0 Å². The Balaban J connectivity index is 2.40. The summed E-state index contributed by atoms with van der Waals surface area (Å²) in [7, 11) is 0. The van der Waals surface area contributed by atoms with Gasteiger partial charge >= 0.3 is 0 Å². The minimum atomic E-state index is -0.0313. The van der Waals surface area contributed by atoms with Gasteiger partial charge < -0.3 is 10.5 Å². The second-order valence-corrected chi connectivity index (χ2v) is 6.77. The number of benzene rings is 2. The lowest BCUT2D eigenvalue weighted by Crippen LogP contribution is -2.18. The van der Waals surface area contributed by atoms with Crippen LogP contribution in [-0.2, 0) is 6.42 Å². The zero-order valence-electron chi connectivity index (χ0n) is 11.2. The molecule has 0 aliphatic heterocycles. The predicted molar refractivity (Wildman–Crippen MR) is 93.0 cm³/mol. The molecule has 2 N–H and O–H groups in total. The van der Waals surface area contributed by atoms with E-state index in [1.165, 1.54) is 0 Å². The van der Waals surface area contributed by atoms with Gasteiger partial charge in [0.1, 0.15) is 11.5 Å². The van der Waals surface area contributed by atoms with Gasteiger partial charge in [-0.25, -0.2) is 0 Å². The maximum atomic E-state index is 6.23. The lowest BCUT2D eigenvalue weighted by Gasteiger charge is -2.15. The number of halogens is 4. The SMILES string of the molecule is CC(N)Cc1c(Cl)cccc1Oc1cc(Cl)c(Br)cc1Cl. The van der Waals surface area contributed by atoms with Crippen molar-refractivity contribution in [2.45, 2.75) is 19.4 Å². The van der Waals surface area contributed by atoms with Crippen LogP contribution in [0.2, 0.25) is 15.1 Å². The largest absolute Gasteiger partial charge is 0.455 e. The van der Waals surface area contributed by atoms with Crippen LogP contribution in [0.25, 0.3) is 0 Å². The summed E-state index contributed by atoms with van der Waals surface area (Å²) >= 11 is 21.8. The van der Waals surface area contributed by atoms with Crippen molar-refractivity contribution < 1.29 is 4.74 Å². The van der Waals surface area contributed by atoms with Crippen molar-refractivity contribution in [3.63, 3.8) is 0 Å². The molecule has 0 saturated carbocycles. The van der Waals surface area contributed by atoms with Gasteiger partial charge in [0.25, 0.3) is 0 Å². The van der Waals surface area contributed by atoms with Gasteiger partial charge in [-0.15, -0.1) is 0 Å². The third-order valence-corrected chi connectivity index (χ3v) is 4.64. The molecule has 2 rings (SSSR count). The zero-order valence-corrected chi connectivity index (χ0v) is 15.0. The Kier molecular flexibility index (Phi) is 5.81. The van der Waals surface area contributed by atoms with Crippen molar-refractivity contribution in [3.8, 4) is 11.5 Å². The molecule has 0 aliphatic carbocycles. The standard InChI is InChI=1S/C15H13BrCl3NO/c1-8(20)5-9-11(17)3-2-4-14(9)21-15-7-12(18)10(16)6-13(15)19/h2-4,6-8H,5,20H2,1H3. The van der Waals surface area contributed by atoms with E-state index in [1.54, 1.807) is 12.1 Å². The van der Waals surface area contributed by atoms with E-state index in [4.69, 9.17) is 45.3 Å². The summed E-state index contributed by atoms with van der Waals surface area (Å²) in [5.74, 6) is 1.10. The lowest BCUT2D eigenvalue weighted by atomic mass is 10.1. The van der Waals surface area contributed by atoms with Crippen LogP contribution in [0.15, 0.2) is 34.8 Å². The summed E-state index contributed by atoms with van der Waals surface area (Å²) in [6.45, 7) is 1.91. The first kappa shape index (κ1) is 16.9. The molecule has 2 nitrogen and oxygen atoms in total. The number of hydrogen-bond donors (Lipinski definition) is 1. The molecule has 0 aromatic heterocycles. The van der Waals surface area contributed by atoms with Crippen LogP contribution in [0.4, 0.5) is 0 Å². The van der Waals surface area contributed by atoms with Crippen molar-refractivity contribution in [3.05, 3.63) is 55.4 Å². The van der Waals surface area contributed by atoms with Crippen LogP contribution in [0, 0.1) is 0 Å². The molecule has 0 heterocycles. The molecule has 2 aromatic carbocycles. The Bertz CT molecular complexity index is 662. The van der Waals surface area contributed by atoms with E-state index in [1.807, 2.05) is 25.1 Å². The van der Waals surface area contributed by atoms with E-state index < -0.39 is 0 Å². The molecule has 0 saturated heterocycles. The second kappa shape index (κ2) is 7.21. The van der Waals surface area contributed by atoms with E-state index in [2.05, 4.69) is 15.9 Å². The molecule has 0 radical (unpaired) electrons. The van der Waals surface area contributed by atoms with Crippen LogP contribution >= 0.6 is 50.7 Å². The number of ether oxygens (including phenoxy) is 1. The Morgan fingerprint density at radius 2 is 1.81 bits per heavy atom. The van der Waals surface area contributed by atoms with Gasteiger partial charge in [0.05, 0.1) is 10.0 Å². The summed E-state index contributed by atoms with van der Waals surface area (Å²) < 4.78 is 6.59. The molecule has 21 heavy (non-hydrogen) atoms. The maximum Gasteiger partial charge on any atom is 0.147 e. The van der Waals surface area contributed by atoms with Gasteiger partial charge in [-0.1, -0.05) is 40.9 Å². The molecule has 0 amide bonds. The predicted octanol–water partition coefficient (Wildman–Crippen LogP) is 6.09. The van der Waals surface area contributed by atoms with E-state index in [-0.39, 0.29) is 6.04 Å². The van der Waals surface area contributed by atoms with E-state index in [9.17, 15) is 0 Å². The fraction of sp³-hybridized carbons (Fsp3) is 0.200. The van der Waals surface area contributed by atoms with E-state index in [0.717, 1.165) is 5.56 Å². The topological polar surface area (TPSA) is 35.2 Å². The highest BCUT2D eigenvalue weighted by Crippen LogP contribution is 2.38. The van der Waals surface area contributed by atoms with E-state index >= 15 is 0 Å². The molecule has 0 aliphatic rings. The Morgan fingerprint density at radius 1 is 1.10 bits per heavy atom. The normalized spacial score (nSPS) is 12.3. The molecule has 0 bridgehead atoms. The highest BCUT2D eigenvalue weighted by Gasteiger charge is 2.14. The number of nitrogens with two attached hydrogens (primary N) is 1. The molecule has 0 spiro atoms. The monoisotopic (exact) mass is 407 g/mol. The van der Waals surface area contributed by atoms with Gasteiger partial charge in [-0.05, 0) is 47.5 Å². The fourth-order valence-electron chi connectivity index (χ4n) is 1.86. The van der Waals surface area contributed by atoms with E-state index in [0.29, 0.717) is 37.5 Å². The van der Waals surface area contributed by atoms with Gasteiger partial charge in [0.15, 0.2) is 0 Å². The van der Waals surface area contributed by atoms with Crippen LogP contribution in [0.3, 0.4) is 0 Å². The molecular formula is C15H13BrCl3NO. The summed E-state index contributed by atoms with van der Waals surface area (Å²) in [5.41, 5.74) is 6.71. The third-order valence-electron chi connectivity index (χ3n) is 2.80. The first-order valence-electron chi connectivity index (χ1n) is 6.24. The van der Waals surface area contributed by atoms with Crippen molar-refractivity contribution in [1.29, 1.82) is 0 Å². The Morgan fingerprint density at radius 3 is 2.48 bits per heavy atom. The summed E-state index contributed by atoms with van der Waals surface area (Å²) in [5, 5.41) is 1.59. The van der Waals surface area contributed by atoms with Crippen LogP contribution < -0.4 is 10.5 Å². The third kappa shape index (κ3) is 4.27. The maximum absolute atomic E-state index is 6.23. The van der Waals surface area contributed by atoms with Crippen molar-refractivity contribution in [2.24, 2.45) is 5.73 Å². The average Bonchev–Trinajstić information content (AvgIpc) is 2.39. The first-order chi connectivity index (χ1) is 9.88. The number of hydrogen-bond acceptors (Lipinski definition) is 2. The van der Waals surface area contributed by atoms with Crippen molar-refractivity contribution in [1.82, 2.24) is 0 Å². The van der Waals surface area contributed by atoms with Crippen LogP contribution in [0.1, 0.15) is 12.5 Å². The van der Waals surface area contributed by atoms with Crippen LogP contribution in [-0.4, -0.2) is 6.04 Å². The molecule has 1 unspecified atom stereocenters. The molecule has 0 fully saturated rings. The second-order valence-electron chi connectivity index (χ2n) is 4.70. The highest BCUT2D eigenvalue weighted by molar-refractivity contribution is 9.10. The Labute approximate surface area is 147 Å². The molecule has 2 aromatic rings. The lowest BCUT2D eigenvalue weighted by molar-refractivity contribution is 0.474. The summed E-state index contributed by atoms with van der Waals surface area (Å²) in [6, 6.07) is 8.77. The zero-order chi connectivity index (χ0) is 15.6. The van der Waals surface area contributed by atoms with Gasteiger partial charge in [0, 0.05) is 27.2 Å². The molecule has 112 valence electrons. The highest BCUT2D eigenvalue weighted by atomic mass is 79.9. The minimum Gasteiger partial charge on any atom is -0.455 e. The first-order valence-corrected chi connectivity index (χ1v) is 8.16.